The smallest absolute Gasteiger partial charge is 0.303 e. The summed E-state index contributed by atoms with van der Waals surface area (Å²) in [6.07, 6.45) is 4.15. The van der Waals surface area contributed by atoms with Gasteiger partial charge in [-0.2, -0.15) is 0 Å². The van der Waals surface area contributed by atoms with Gasteiger partial charge in [-0.3, -0.25) is 14.6 Å². The van der Waals surface area contributed by atoms with Gasteiger partial charge in [0.15, 0.2) is 0 Å². The highest BCUT2D eigenvalue weighted by Crippen LogP contribution is 2.21. The summed E-state index contributed by atoms with van der Waals surface area (Å²) in [6.45, 7) is 3.05. The molecule has 5 nitrogen and oxygen atoms in total. The highest BCUT2D eigenvalue weighted by Gasteiger charge is 2.28. The predicted octanol–water partition coefficient (Wildman–Crippen LogP) is 1.33. The van der Waals surface area contributed by atoms with Crippen molar-refractivity contribution < 1.29 is 14.7 Å². The molecule has 0 spiro atoms. The van der Waals surface area contributed by atoms with Crippen LogP contribution in [0.25, 0.3) is 0 Å². The molecule has 1 unspecified atom stereocenters. The van der Waals surface area contributed by atoms with Crippen LogP contribution in [0.5, 0.6) is 0 Å². The van der Waals surface area contributed by atoms with Gasteiger partial charge < -0.3 is 10.0 Å². The van der Waals surface area contributed by atoms with Gasteiger partial charge in [0.2, 0.25) is 0 Å². The van der Waals surface area contributed by atoms with Gasteiger partial charge in [0.25, 0.3) is 5.91 Å². The molecule has 1 aromatic heterocycles. The van der Waals surface area contributed by atoms with Crippen molar-refractivity contribution >= 4 is 11.9 Å². The number of aryl methyl sites for hydroxylation is 1. The lowest BCUT2D eigenvalue weighted by Crippen LogP contribution is -2.29. The van der Waals surface area contributed by atoms with Crippen LogP contribution in [-0.2, 0) is 4.79 Å². The lowest BCUT2D eigenvalue weighted by molar-refractivity contribution is -0.138. The molecule has 1 N–H and O–H groups in total. The Labute approximate surface area is 105 Å². The number of pyridine rings is 1. The number of aromatic nitrogens is 1. The molecule has 1 aliphatic heterocycles. The number of hydrogen-bond acceptors (Lipinski definition) is 3. The second kappa shape index (κ2) is 5.16. The van der Waals surface area contributed by atoms with Gasteiger partial charge in [-0.05, 0) is 30.9 Å². The van der Waals surface area contributed by atoms with Crippen LogP contribution in [0.2, 0.25) is 0 Å². The van der Waals surface area contributed by atoms with Crippen LogP contribution in [0.3, 0.4) is 0 Å². The van der Waals surface area contributed by atoms with Crippen molar-refractivity contribution in [3.8, 4) is 0 Å². The normalized spacial score (nSPS) is 18.9. The molecule has 2 rings (SSSR count). The van der Waals surface area contributed by atoms with Crippen molar-refractivity contribution in [3.05, 3.63) is 29.6 Å². The van der Waals surface area contributed by atoms with E-state index in [4.69, 9.17) is 5.11 Å². The molecule has 0 bridgehead atoms. The maximum Gasteiger partial charge on any atom is 0.303 e. The number of carboxylic acids is 1. The summed E-state index contributed by atoms with van der Waals surface area (Å²) in [5, 5.41) is 8.74. The molecule has 0 radical (unpaired) electrons. The Bertz CT molecular complexity index is 473. The molecule has 0 aromatic carbocycles. The minimum Gasteiger partial charge on any atom is -0.481 e. The monoisotopic (exact) mass is 248 g/mol. The molecule has 1 saturated heterocycles. The Kier molecular flexibility index (Phi) is 3.60. The first-order valence-electron chi connectivity index (χ1n) is 5.99. The SMILES string of the molecule is Cc1cncc(C(=O)N2CCC(CC(=O)O)C2)c1. The average molecular weight is 248 g/mol. The number of nitrogens with zero attached hydrogens (tertiary/aromatic N) is 2. The Balaban J connectivity index is 2.01. The summed E-state index contributed by atoms with van der Waals surface area (Å²) in [6, 6.07) is 1.81. The van der Waals surface area contributed by atoms with E-state index in [1.165, 1.54) is 0 Å². The molecule has 96 valence electrons. The van der Waals surface area contributed by atoms with Gasteiger partial charge >= 0.3 is 5.97 Å². The third-order valence-electron chi connectivity index (χ3n) is 3.16. The minimum absolute atomic E-state index is 0.0564. The quantitative estimate of drug-likeness (QED) is 0.876. The molecule has 5 heteroatoms. The summed E-state index contributed by atoms with van der Waals surface area (Å²) in [7, 11) is 0. The van der Waals surface area contributed by atoms with Crippen molar-refractivity contribution in [1.29, 1.82) is 0 Å². The van der Waals surface area contributed by atoms with Gasteiger partial charge in [0.1, 0.15) is 0 Å². The van der Waals surface area contributed by atoms with Crippen LogP contribution in [0, 0.1) is 12.8 Å². The zero-order valence-corrected chi connectivity index (χ0v) is 10.3. The van der Waals surface area contributed by atoms with E-state index >= 15 is 0 Å². The van der Waals surface area contributed by atoms with Crippen molar-refractivity contribution in [3.63, 3.8) is 0 Å². The first-order chi connectivity index (χ1) is 8.56. The third kappa shape index (κ3) is 2.85. The van der Waals surface area contributed by atoms with Crippen LogP contribution in [-0.4, -0.2) is 40.0 Å². The van der Waals surface area contributed by atoms with Crippen molar-refractivity contribution in [1.82, 2.24) is 9.88 Å². The molecular weight excluding hydrogens is 232 g/mol. The van der Waals surface area contributed by atoms with Crippen molar-refractivity contribution in [2.45, 2.75) is 19.8 Å². The highest BCUT2D eigenvalue weighted by atomic mass is 16.4. The first kappa shape index (κ1) is 12.5. The maximum absolute atomic E-state index is 12.2. The largest absolute Gasteiger partial charge is 0.481 e. The van der Waals surface area contributed by atoms with Gasteiger partial charge in [0, 0.05) is 31.9 Å². The molecule has 1 amide bonds. The van der Waals surface area contributed by atoms with Crippen LogP contribution < -0.4 is 0 Å². The highest BCUT2D eigenvalue weighted by molar-refractivity contribution is 5.94. The Morgan fingerprint density at radius 1 is 1.50 bits per heavy atom. The number of hydrogen-bond donors (Lipinski definition) is 1. The van der Waals surface area contributed by atoms with Crippen molar-refractivity contribution in [2.24, 2.45) is 5.92 Å². The van der Waals surface area contributed by atoms with Gasteiger partial charge in [-0.25, -0.2) is 0 Å². The summed E-state index contributed by atoms with van der Waals surface area (Å²) in [5.74, 6) is -0.783. The summed E-state index contributed by atoms with van der Waals surface area (Å²) in [5.41, 5.74) is 1.52. The first-order valence-corrected chi connectivity index (χ1v) is 5.99. The number of aliphatic carboxylic acids is 1. The average Bonchev–Trinajstić information content (AvgIpc) is 2.75. The minimum atomic E-state index is -0.800. The molecule has 0 saturated carbocycles. The maximum atomic E-state index is 12.2. The zero-order valence-electron chi connectivity index (χ0n) is 10.3. The number of carboxylic acid groups (broad SMARTS) is 1. The van der Waals surface area contributed by atoms with E-state index in [1.54, 1.807) is 23.4 Å². The number of likely N-dealkylation sites (tertiary alicyclic amines) is 1. The Morgan fingerprint density at radius 3 is 2.94 bits per heavy atom. The fourth-order valence-electron chi connectivity index (χ4n) is 2.29. The molecule has 2 heterocycles. The van der Waals surface area contributed by atoms with E-state index in [0.717, 1.165) is 12.0 Å². The lowest BCUT2D eigenvalue weighted by atomic mass is 10.1. The van der Waals surface area contributed by atoms with Crippen LogP contribution in [0.4, 0.5) is 0 Å². The molecule has 1 fully saturated rings. The van der Waals surface area contributed by atoms with E-state index in [1.807, 2.05) is 6.92 Å². The predicted molar refractivity (Wildman–Crippen MR) is 65.2 cm³/mol. The van der Waals surface area contributed by atoms with Gasteiger partial charge in [0.05, 0.1) is 5.56 Å². The molecule has 1 aromatic rings. The van der Waals surface area contributed by atoms with Crippen LogP contribution in [0.1, 0.15) is 28.8 Å². The number of amides is 1. The Morgan fingerprint density at radius 2 is 2.28 bits per heavy atom. The fraction of sp³-hybridized carbons (Fsp3) is 0.462. The van der Waals surface area contributed by atoms with Crippen molar-refractivity contribution in [2.75, 3.05) is 13.1 Å². The second-order valence-electron chi connectivity index (χ2n) is 4.75. The number of carbonyl (C=O) groups is 2. The lowest BCUT2D eigenvalue weighted by Gasteiger charge is -2.16. The van der Waals surface area contributed by atoms with E-state index < -0.39 is 5.97 Å². The van der Waals surface area contributed by atoms with Gasteiger partial charge in [-0.1, -0.05) is 0 Å². The Hall–Kier alpha value is -1.91. The molecule has 0 aliphatic carbocycles. The van der Waals surface area contributed by atoms with E-state index in [2.05, 4.69) is 4.98 Å². The van der Waals surface area contributed by atoms with Crippen LogP contribution in [0.15, 0.2) is 18.5 Å². The summed E-state index contributed by atoms with van der Waals surface area (Å²) >= 11 is 0. The zero-order chi connectivity index (χ0) is 13.1. The topological polar surface area (TPSA) is 70.5 Å². The van der Waals surface area contributed by atoms with E-state index in [0.29, 0.717) is 18.7 Å². The van der Waals surface area contributed by atoms with Gasteiger partial charge in [-0.15, -0.1) is 0 Å². The molecule has 1 atom stereocenters. The van der Waals surface area contributed by atoms with E-state index in [9.17, 15) is 9.59 Å². The molecular formula is C13H16N2O3. The third-order valence-corrected chi connectivity index (χ3v) is 3.16. The standard InChI is InChI=1S/C13H16N2O3/c1-9-4-11(7-14-6-9)13(18)15-3-2-10(8-15)5-12(16)17/h4,6-7,10H,2-3,5,8H2,1H3,(H,16,17). The van der Waals surface area contributed by atoms with Crippen LogP contribution >= 0.6 is 0 Å². The second-order valence-corrected chi connectivity index (χ2v) is 4.75. The fourth-order valence-corrected chi connectivity index (χ4v) is 2.29. The molecule has 18 heavy (non-hydrogen) atoms. The summed E-state index contributed by atoms with van der Waals surface area (Å²) < 4.78 is 0. The molecule has 1 aliphatic rings. The summed E-state index contributed by atoms with van der Waals surface area (Å²) in [4.78, 5) is 28.5. The number of carbonyl (C=O) groups excluding carboxylic acids is 1. The number of rotatable bonds is 3. The van der Waals surface area contributed by atoms with E-state index in [-0.39, 0.29) is 18.2 Å².